The lowest BCUT2D eigenvalue weighted by Crippen LogP contribution is -2.58. The Morgan fingerprint density at radius 1 is 0.932 bits per heavy atom. The molecule has 244 valence electrons. The van der Waals surface area contributed by atoms with Gasteiger partial charge in [0, 0.05) is 6.54 Å². The first-order valence-electron chi connectivity index (χ1n) is 16.3. The van der Waals surface area contributed by atoms with Crippen LogP contribution in [0, 0.1) is 11.8 Å². The van der Waals surface area contributed by atoms with Gasteiger partial charge in [-0.15, -0.1) is 0 Å². The molecule has 0 radical (unpaired) electrons. The largest absolute Gasteiger partial charge is 0.444 e. The summed E-state index contributed by atoms with van der Waals surface area (Å²) < 4.78 is 5.48. The molecule has 1 unspecified atom stereocenters. The highest BCUT2D eigenvalue weighted by atomic mass is 16.6. The first-order valence-corrected chi connectivity index (χ1v) is 16.3. The number of amides is 4. The van der Waals surface area contributed by atoms with Crippen molar-refractivity contribution in [1.29, 1.82) is 0 Å². The maximum atomic E-state index is 14.1. The van der Waals surface area contributed by atoms with Crippen molar-refractivity contribution in [2.24, 2.45) is 17.6 Å². The van der Waals surface area contributed by atoms with Gasteiger partial charge in [0.2, 0.25) is 17.6 Å². The number of fused-ring (bicyclic) bond motifs is 1. The zero-order valence-electron chi connectivity index (χ0n) is 27.2. The molecular weight excluding hydrogens is 560 g/mol. The van der Waals surface area contributed by atoms with E-state index in [0.717, 1.165) is 43.2 Å². The van der Waals surface area contributed by atoms with Crippen LogP contribution in [0.5, 0.6) is 0 Å². The van der Waals surface area contributed by atoms with Crippen LogP contribution in [0.2, 0.25) is 0 Å². The molecule has 0 bridgehead atoms. The standard InChI is InChI=1S/C31H44N4O6.C3H8/c1-31(2,3)41-30(40)34-25(22-17-20-12-7-8-13-21(20)18-22)29(39)35-15-9-14-24(35)28(38)33-23(26(36)27(32)37)16-19-10-5-4-6-11-19;1-3-2/h7-8,12-13,19,22-25H,4-6,9-11,14-18H2,1-3H3,(H2,32,37)(H,33,38)(H,34,40);3H2,1-2H3/t23?,24-,25-;/m0./s1. The molecule has 10 heteroatoms. The summed E-state index contributed by atoms with van der Waals surface area (Å²) >= 11 is 0. The SMILES string of the molecule is CC(C)(C)OC(=O)N[C@H](C(=O)N1CCC[C@H]1C(=O)NC(CC1CCCCC1)C(=O)C(N)=O)C1Cc2ccccc2C1.CCC. The number of ether oxygens (including phenoxy) is 1. The van der Waals surface area contributed by atoms with Gasteiger partial charge in [0.1, 0.15) is 17.7 Å². The molecule has 3 atom stereocenters. The third kappa shape index (κ3) is 9.79. The molecule has 4 amide bonds. The quantitative estimate of drug-likeness (QED) is 0.356. The molecule has 1 aromatic rings. The fourth-order valence-electron chi connectivity index (χ4n) is 6.55. The average molecular weight is 613 g/mol. The van der Waals surface area contributed by atoms with Gasteiger partial charge < -0.3 is 26.0 Å². The molecule has 1 aromatic carbocycles. The minimum absolute atomic E-state index is 0.202. The first-order chi connectivity index (χ1) is 20.8. The minimum Gasteiger partial charge on any atom is -0.444 e. The number of hydrogen-bond acceptors (Lipinski definition) is 6. The molecule has 2 aliphatic carbocycles. The Labute approximate surface area is 262 Å². The predicted molar refractivity (Wildman–Crippen MR) is 169 cm³/mol. The average Bonchev–Trinajstić information content (AvgIpc) is 3.62. The molecule has 2 fully saturated rings. The molecule has 10 nitrogen and oxygen atoms in total. The summed E-state index contributed by atoms with van der Waals surface area (Å²) in [5, 5.41) is 5.59. The number of rotatable bonds is 9. The Morgan fingerprint density at radius 3 is 2.07 bits per heavy atom. The highest BCUT2D eigenvalue weighted by molar-refractivity contribution is 6.37. The maximum Gasteiger partial charge on any atom is 0.408 e. The second kappa shape index (κ2) is 16.0. The van der Waals surface area contributed by atoms with Gasteiger partial charge in [-0.3, -0.25) is 19.2 Å². The van der Waals surface area contributed by atoms with E-state index in [2.05, 4.69) is 24.5 Å². The first kappa shape index (κ1) is 35.1. The number of ketones is 1. The van der Waals surface area contributed by atoms with Crippen molar-refractivity contribution in [2.45, 2.75) is 129 Å². The molecule has 1 aliphatic heterocycles. The normalized spacial score (nSPS) is 20.0. The Hall–Kier alpha value is -3.43. The van der Waals surface area contributed by atoms with Gasteiger partial charge in [-0.25, -0.2) is 4.79 Å². The van der Waals surface area contributed by atoms with Crippen molar-refractivity contribution in [1.82, 2.24) is 15.5 Å². The number of nitrogens with two attached hydrogens (primary N) is 1. The van der Waals surface area contributed by atoms with E-state index >= 15 is 0 Å². The zero-order chi connectivity index (χ0) is 32.4. The van der Waals surface area contributed by atoms with Crippen LogP contribution < -0.4 is 16.4 Å². The molecule has 4 rings (SSSR count). The Bertz CT molecular complexity index is 1150. The van der Waals surface area contributed by atoms with E-state index in [1.807, 2.05) is 24.3 Å². The van der Waals surface area contributed by atoms with E-state index in [0.29, 0.717) is 38.6 Å². The second-order valence-electron chi connectivity index (χ2n) is 13.5. The molecule has 3 aliphatic rings. The number of carbonyl (C=O) groups is 5. The summed E-state index contributed by atoms with van der Waals surface area (Å²) in [5.41, 5.74) is 6.85. The van der Waals surface area contributed by atoms with Crippen molar-refractivity contribution < 1.29 is 28.7 Å². The Morgan fingerprint density at radius 2 is 1.52 bits per heavy atom. The lowest BCUT2D eigenvalue weighted by Gasteiger charge is -2.33. The summed E-state index contributed by atoms with van der Waals surface area (Å²) in [6.07, 6.45) is 8.30. The predicted octanol–water partition coefficient (Wildman–Crippen LogP) is 4.21. The third-order valence-electron chi connectivity index (χ3n) is 8.50. The number of nitrogens with one attached hydrogen (secondary N) is 2. The number of hydrogen-bond donors (Lipinski definition) is 3. The molecule has 1 saturated heterocycles. The highest BCUT2D eigenvalue weighted by Crippen LogP contribution is 2.32. The van der Waals surface area contributed by atoms with Gasteiger partial charge in [-0.05, 0) is 75.8 Å². The monoisotopic (exact) mass is 612 g/mol. The number of benzene rings is 1. The fraction of sp³-hybridized carbons (Fsp3) is 0.676. The van der Waals surface area contributed by atoms with E-state index < -0.39 is 47.4 Å². The van der Waals surface area contributed by atoms with Crippen LogP contribution in [0.4, 0.5) is 4.79 Å². The van der Waals surface area contributed by atoms with E-state index in [4.69, 9.17) is 10.5 Å². The molecule has 1 saturated carbocycles. The topological polar surface area (TPSA) is 148 Å². The number of primary amides is 1. The van der Waals surface area contributed by atoms with Crippen LogP contribution in [0.3, 0.4) is 0 Å². The molecule has 0 aromatic heterocycles. The van der Waals surface area contributed by atoms with E-state index in [9.17, 15) is 24.0 Å². The molecule has 0 spiro atoms. The molecule has 1 heterocycles. The number of likely N-dealkylation sites (tertiary alicyclic amines) is 1. The number of Topliss-reactive ketones (excluding diaryl/α,β-unsaturated/α-hetero) is 1. The van der Waals surface area contributed by atoms with Gasteiger partial charge in [-0.2, -0.15) is 0 Å². The summed E-state index contributed by atoms with van der Waals surface area (Å²) in [6.45, 7) is 9.87. The Kier molecular flexibility index (Phi) is 12.8. The van der Waals surface area contributed by atoms with Gasteiger partial charge in [0.25, 0.3) is 5.91 Å². The summed E-state index contributed by atoms with van der Waals surface area (Å²) in [5.74, 6) is -2.69. The van der Waals surface area contributed by atoms with Crippen molar-refractivity contribution >= 4 is 29.6 Å². The summed E-state index contributed by atoms with van der Waals surface area (Å²) in [6, 6.07) is 5.24. The fourth-order valence-corrected chi connectivity index (χ4v) is 6.55. The van der Waals surface area contributed by atoms with Crippen LogP contribution in [0.1, 0.15) is 104 Å². The zero-order valence-corrected chi connectivity index (χ0v) is 27.2. The lowest BCUT2D eigenvalue weighted by molar-refractivity contribution is -0.143. The van der Waals surface area contributed by atoms with Crippen molar-refractivity contribution in [3.05, 3.63) is 35.4 Å². The highest BCUT2D eigenvalue weighted by Gasteiger charge is 2.43. The molecular formula is C34H52N4O6. The van der Waals surface area contributed by atoms with E-state index in [-0.39, 0.29) is 17.7 Å². The van der Waals surface area contributed by atoms with Crippen molar-refractivity contribution in [3.8, 4) is 0 Å². The van der Waals surface area contributed by atoms with E-state index in [1.165, 1.54) is 11.3 Å². The smallest absolute Gasteiger partial charge is 0.408 e. The number of nitrogens with zero attached hydrogens (tertiary/aromatic N) is 1. The van der Waals surface area contributed by atoms with Gasteiger partial charge in [0.15, 0.2) is 0 Å². The van der Waals surface area contributed by atoms with Crippen molar-refractivity contribution in [2.75, 3.05) is 6.54 Å². The van der Waals surface area contributed by atoms with Crippen LogP contribution in [0.15, 0.2) is 24.3 Å². The van der Waals surface area contributed by atoms with Gasteiger partial charge in [-0.1, -0.05) is 76.6 Å². The van der Waals surface area contributed by atoms with Gasteiger partial charge in [0.05, 0.1) is 6.04 Å². The lowest BCUT2D eigenvalue weighted by atomic mass is 9.84. The number of carbonyl (C=O) groups excluding carboxylic acids is 5. The minimum atomic E-state index is -1.08. The van der Waals surface area contributed by atoms with Crippen LogP contribution in [-0.2, 0) is 36.8 Å². The second-order valence-corrected chi connectivity index (χ2v) is 13.5. The number of alkyl carbamates (subject to hydrolysis) is 1. The summed E-state index contributed by atoms with van der Waals surface area (Å²) in [4.78, 5) is 66.4. The summed E-state index contributed by atoms with van der Waals surface area (Å²) in [7, 11) is 0. The molecule has 44 heavy (non-hydrogen) atoms. The van der Waals surface area contributed by atoms with Crippen LogP contribution in [-0.4, -0.2) is 64.8 Å². The Balaban J connectivity index is 0.00000169. The third-order valence-corrected chi connectivity index (χ3v) is 8.50. The van der Waals surface area contributed by atoms with Crippen LogP contribution >= 0.6 is 0 Å². The van der Waals surface area contributed by atoms with Crippen molar-refractivity contribution in [3.63, 3.8) is 0 Å². The van der Waals surface area contributed by atoms with Gasteiger partial charge >= 0.3 is 6.09 Å². The maximum absolute atomic E-state index is 14.1. The van der Waals surface area contributed by atoms with E-state index in [1.54, 1.807) is 20.8 Å². The van der Waals surface area contributed by atoms with Crippen LogP contribution in [0.25, 0.3) is 0 Å². The molecule has 4 N–H and O–H groups in total.